The van der Waals surface area contributed by atoms with Crippen LogP contribution in [-0.2, 0) is 17.8 Å². The lowest BCUT2D eigenvalue weighted by Gasteiger charge is -2.36. The summed E-state index contributed by atoms with van der Waals surface area (Å²) < 4.78 is 14.7. The SMILES string of the molecule is CCNCc1cc2cc(NCC(=O)N3CCc4cc(Cl)cc(Cl)c4[C@@H]3C)c(F)cc2c(=O)[nH]1. The van der Waals surface area contributed by atoms with Gasteiger partial charge in [-0.25, -0.2) is 4.39 Å². The molecule has 2 heterocycles. The van der Waals surface area contributed by atoms with Crippen LogP contribution in [-0.4, -0.2) is 35.4 Å². The van der Waals surface area contributed by atoms with Crippen LogP contribution in [0, 0.1) is 5.82 Å². The fourth-order valence-electron chi connectivity index (χ4n) is 4.35. The fourth-order valence-corrected chi connectivity index (χ4v) is 5.04. The third kappa shape index (κ3) is 4.86. The monoisotopic (exact) mass is 490 g/mol. The van der Waals surface area contributed by atoms with Gasteiger partial charge in [0.25, 0.3) is 5.56 Å². The fraction of sp³-hybridized carbons (Fsp3) is 0.333. The van der Waals surface area contributed by atoms with E-state index in [4.69, 9.17) is 23.2 Å². The Bertz CT molecular complexity index is 1280. The topological polar surface area (TPSA) is 77.2 Å². The summed E-state index contributed by atoms with van der Waals surface area (Å²) in [6.45, 7) is 5.59. The van der Waals surface area contributed by atoms with Crippen molar-refractivity contribution in [1.82, 2.24) is 15.2 Å². The Morgan fingerprint density at radius 1 is 1.24 bits per heavy atom. The first-order valence-electron chi connectivity index (χ1n) is 10.9. The van der Waals surface area contributed by atoms with Crippen molar-refractivity contribution >= 4 is 45.6 Å². The number of benzene rings is 2. The summed E-state index contributed by atoms with van der Waals surface area (Å²) >= 11 is 12.5. The molecule has 1 amide bonds. The Hall–Kier alpha value is -2.61. The summed E-state index contributed by atoms with van der Waals surface area (Å²) in [5.74, 6) is -0.757. The van der Waals surface area contributed by atoms with E-state index in [1.54, 1.807) is 17.0 Å². The molecule has 4 rings (SSSR count). The molecule has 0 saturated carbocycles. The molecule has 0 bridgehead atoms. The average Bonchev–Trinajstić information content (AvgIpc) is 2.76. The number of H-pyrrole nitrogens is 1. The molecule has 0 aliphatic carbocycles. The standard InChI is InChI=1S/C24H25Cl2FN4O2/c1-3-28-11-17-7-15-8-21(20(27)10-18(15)24(33)30-17)29-12-22(32)31-5-4-14-6-16(25)9-19(26)23(14)13(31)2/h6-10,13,28-29H,3-5,11-12H2,1-2H3,(H,30,33)/t13-/m0/s1. The van der Waals surface area contributed by atoms with Crippen LogP contribution in [0.3, 0.4) is 0 Å². The van der Waals surface area contributed by atoms with Gasteiger partial charge < -0.3 is 20.5 Å². The largest absolute Gasteiger partial charge is 0.374 e. The molecule has 1 aliphatic heterocycles. The molecule has 2 aromatic carbocycles. The molecule has 0 spiro atoms. The highest BCUT2D eigenvalue weighted by Crippen LogP contribution is 2.37. The predicted molar refractivity (Wildman–Crippen MR) is 131 cm³/mol. The maximum atomic E-state index is 14.7. The number of nitrogens with one attached hydrogen (secondary N) is 3. The highest BCUT2D eigenvalue weighted by Gasteiger charge is 2.29. The van der Waals surface area contributed by atoms with Crippen LogP contribution < -0.4 is 16.2 Å². The first-order chi connectivity index (χ1) is 15.8. The van der Waals surface area contributed by atoms with Crippen LogP contribution in [0.2, 0.25) is 10.0 Å². The number of aromatic amines is 1. The van der Waals surface area contributed by atoms with Gasteiger partial charge in [-0.1, -0.05) is 30.1 Å². The van der Waals surface area contributed by atoms with Crippen LogP contribution in [0.15, 0.2) is 35.1 Å². The molecule has 3 aromatic rings. The molecule has 0 fully saturated rings. The zero-order chi connectivity index (χ0) is 23.7. The van der Waals surface area contributed by atoms with Crippen molar-refractivity contribution in [2.75, 3.05) is 25.0 Å². The van der Waals surface area contributed by atoms with E-state index in [9.17, 15) is 14.0 Å². The number of carbonyl (C=O) groups excluding carboxylic acids is 1. The lowest BCUT2D eigenvalue weighted by Crippen LogP contribution is -2.42. The molecule has 1 atom stereocenters. The molecule has 0 radical (unpaired) electrons. The highest BCUT2D eigenvalue weighted by atomic mass is 35.5. The first kappa shape index (κ1) is 23.5. The van der Waals surface area contributed by atoms with Gasteiger partial charge in [0.15, 0.2) is 0 Å². The van der Waals surface area contributed by atoms with Gasteiger partial charge in [-0.3, -0.25) is 9.59 Å². The summed E-state index contributed by atoms with van der Waals surface area (Å²) in [4.78, 5) is 29.8. The van der Waals surface area contributed by atoms with Crippen LogP contribution in [0.5, 0.6) is 0 Å². The van der Waals surface area contributed by atoms with E-state index in [1.165, 1.54) is 6.07 Å². The Morgan fingerprint density at radius 2 is 2.03 bits per heavy atom. The number of anilines is 1. The normalized spacial score (nSPS) is 15.5. The number of hydrogen-bond acceptors (Lipinski definition) is 4. The average molecular weight is 491 g/mol. The molecule has 9 heteroatoms. The minimum absolute atomic E-state index is 0.0826. The Kier molecular flexibility index (Phi) is 6.93. The van der Waals surface area contributed by atoms with Gasteiger partial charge in [0, 0.05) is 28.8 Å². The van der Waals surface area contributed by atoms with E-state index in [0.717, 1.165) is 17.7 Å². The van der Waals surface area contributed by atoms with Crippen molar-refractivity contribution in [1.29, 1.82) is 0 Å². The molecule has 6 nitrogen and oxygen atoms in total. The van der Waals surface area contributed by atoms with Gasteiger partial charge in [-0.2, -0.15) is 0 Å². The number of halogens is 3. The van der Waals surface area contributed by atoms with Crippen LogP contribution in [0.25, 0.3) is 10.8 Å². The van der Waals surface area contributed by atoms with Crippen LogP contribution in [0.4, 0.5) is 10.1 Å². The predicted octanol–water partition coefficient (Wildman–Crippen LogP) is 4.64. The second-order valence-electron chi connectivity index (χ2n) is 8.15. The Morgan fingerprint density at radius 3 is 2.79 bits per heavy atom. The molecule has 0 unspecified atom stereocenters. The number of pyridine rings is 1. The van der Waals surface area contributed by atoms with E-state index in [2.05, 4.69) is 15.6 Å². The van der Waals surface area contributed by atoms with E-state index in [-0.39, 0.29) is 35.1 Å². The minimum Gasteiger partial charge on any atom is -0.374 e. The van der Waals surface area contributed by atoms with E-state index < -0.39 is 5.82 Å². The van der Waals surface area contributed by atoms with E-state index in [0.29, 0.717) is 40.6 Å². The number of fused-ring (bicyclic) bond motifs is 2. The Labute approximate surface area is 201 Å². The van der Waals surface area contributed by atoms with Crippen LogP contribution in [0.1, 0.15) is 36.7 Å². The molecule has 33 heavy (non-hydrogen) atoms. The summed E-state index contributed by atoms with van der Waals surface area (Å²) in [5, 5.41) is 8.03. The quantitative estimate of drug-likeness (QED) is 0.470. The zero-order valence-electron chi connectivity index (χ0n) is 18.4. The Balaban J connectivity index is 1.52. The van der Waals surface area contributed by atoms with Gasteiger partial charge in [0.05, 0.1) is 23.7 Å². The molecule has 174 valence electrons. The van der Waals surface area contributed by atoms with Crippen molar-refractivity contribution in [3.05, 3.63) is 73.4 Å². The summed E-state index contributed by atoms with van der Waals surface area (Å²) in [6.07, 6.45) is 0.646. The maximum Gasteiger partial charge on any atom is 0.256 e. The maximum absolute atomic E-state index is 14.7. The number of nitrogens with zero attached hydrogens (tertiary/aromatic N) is 1. The molecule has 3 N–H and O–H groups in total. The second kappa shape index (κ2) is 9.71. The molecule has 1 aliphatic rings. The first-order valence-corrected chi connectivity index (χ1v) is 11.6. The molecular formula is C24H25Cl2FN4O2. The molecule has 0 saturated heterocycles. The van der Waals surface area contributed by atoms with Gasteiger partial charge in [0.1, 0.15) is 5.82 Å². The summed E-state index contributed by atoms with van der Waals surface area (Å²) in [7, 11) is 0. The lowest BCUT2D eigenvalue weighted by atomic mass is 9.93. The van der Waals surface area contributed by atoms with Crippen molar-refractivity contribution in [2.24, 2.45) is 0 Å². The lowest BCUT2D eigenvalue weighted by molar-refractivity contribution is -0.131. The summed E-state index contributed by atoms with van der Waals surface area (Å²) in [6, 6.07) is 7.92. The second-order valence-corrected chi connectivity index (χ2v) is 8.99. The highest BCUT2D eigenvalue weighted by molar-refractivity contribution is 6.35. The van der Waals surface area contributed by atoms with Gasteiger partial charge in [0.2, 0.25) is 5.91 Å². The minimum atomic E-state index is -0.588. The van der Waals surface area contributed by atoms with Gasteiger partial charge in [-0.15, -0.1) is 0 Å². The van der Waals surface area contributed by atoms with Crippen molar-refractivity contribution in [3.8, 4) is 0 Å². The number of rotatable bonds is 6. The third-order valence-electron chi connectivity index (χ3n) is 5.99. The molecule has 1 aromatic heterocycles. The third-order valence-corrected chi connectivity index (χ3v) is 6.52. The molecular weight excluding hydrogens is 466 g/mol. The van der Waals surface area contributed by atoms with E-state index >= 15 is 0 Å². The zero-order valence-corrected chi connectivity index (χ0v) is 19.9. The van der Waals surface area contributed by atoms with Crippen molar-refractivity contribution in [2.45, 2.75) is 32.9 Å². The van der Waals surface area contributed by atoms with Crippen LogP contribution >= 0.6 is 23.2 Å². The number of carbonyl (C=O) groups is 1. The van der Waals surface area contributed by atoms with Gasteiger partial charge in [-0.05, 0) is 66.7 Å². The number of amides is 1. The van der Waals surface area contributed by atoms with E-state index in [1.807, 2.05) is 26.0 Å². The van der Waals surface area contributed by atoms with Crippen molar-refractivity contribution in [3.63, 3.8) is 0 Å². The van der Waals surface area contributed by atoms with Gasteiger partial charge >= 0.3 is 0 Å². The summed E-state index contributed by atoms with van der Waals surface area (Å²) in [5.41, 5.74) is 2.47. The number of hydrogen-bond donors (Lipinski definition) is 3. The van der Waals surface area contributed by atoms with Crippen molar-refractivity contribution < 1.29 is 9.18 Å². The number of aromatic nitrogens is 1. The smallest absolute Gasteiger partial charge is 0.256 e.